The second kappa shape index (κ2) is 5.48. The monoisotopic (exact) mass is 330 g/mol. The molecule has 2 aromatic carbocycles. The van der Waals surface area contributed by atoms with Gasteiger partial charge in [0.05, 0.1) is 0 Å². The predicted octanol–water partition coefficient (Wildman–Crippen LogP) is 4.42. The Morgan fingerprint density at radius 1 is 1.16 bits per heavy atom. The minimum atomic E-state index is 0.184. The topological polar surface area (TPSA) is 36.1 Å². The molecule has 2 aliphatic rings. The summed E-state index contributed by atoms with van der Waals surface area (Å²) < 4.78 is 0. The van der Waals surface area contributed by atoms with Gasteiger partial charge in [-0.3, -0.25) is 4.79 Å². The van der Waals surface area contributed by atoms with E-state index in [4.69, 9.17) is 0 Å². The van der Waals surface area contributed by atoms with Crippen molar-refractivity contribution in [1.29, 1.82) is 0 Å². The van der Waals surface area contributed by atoms with E-state index in [0.29, 0.717) is 12.0 Å². The van der Waals surface area contributed by atoms with Crippen molar-refractivity contribution in [2.75, 3.05) is 6.54 Å². The van der Waals surface area contributed by atoms with Gasteiger partial charge in [-0.1, -0.05) is 24.3 Å². The van der Waals surface area contributed by atoms with Gasteiger partial charge in [0.2, 0.25) is 0 Å². The number of aromatic amines is 1. The lowest BCUT2D eigenvalue weighted by Gasteiger charge is -2.38. The number of rotatable bonds is 1. The predicted molar refractivity (Wildman–Crippen MR) is 100.0 cm³/mol. The van der Waals surface area contributed by atoms with Gasteiger partial charge in [-0.25, -0.2) is 0 Å². The molecule has 2 heterocycles. The molecule has 1 fully saturated rings. The summed E-state index contributed by atoms with van der Waals surface area (Å²) in [6.45, 7) is 2.92. The van der Waals surface area contributed by atoms with Crippen LogP contribution >= 0.6 is 0 Å². The summed E-state index contributed by atoms with van der Waals surface area (Å²) in [5, 5.41) is 1.12. The third kappa shape index (κ3) is 2.30. The molecule has 1 amide bonds. The zero-order valence-corrected chi connectivity index (χ0v) is 14.5. The number of H-pyrrole nitrogens is 1. The quantitative estimate of drug-likeness (QED) is 0.704. The van der Waals surface area contributed by atoms with Crippen molar-refractivity contribution in [1.82, 2.24) is 9.88 Å². The molecule has 1 aliphatic carbocycles. The van der Waals surface area contributed by atoms with Gasteiger partial charge in [0.25, 0.3) is 5.91 Å². The first kappa shape index (κ1) is 14.8. The van der Waals surface area contributed by atoms with Crippen LogP contribution in [0.4, 0.5) is 0 Å². The first-order chi connectivity index (χ1) is 12.2. The molecule has 0 radical (unpaired) electrons. The molecule has 1 aliphatic heterocycles. The highest BCUT2D eigenvalue weighted by atomic mass is 16.2. The zero-order valence-electron chi connectivity index (χ0n) is 14.5. The number of carbonyl (C=O) groups is 1. The summed E-state index contributed by atoms with van der Waals surface area (Å²) in [6.07, 6.45) is 3.28. The van der Waals surface area contributed by atoms with Crippen molar-refractivity contribution in [2.45, 2.75) is 38.1 Å². The molecular weight excluding hydrogens is 308 g/mol. The second-order valence-electron chi connectivity index (χ2n) is 7.47. The summed E-state index contributed by atoms with van der Waals surface area (Å²) in [4.78, 5) is 18.7. The Morgan fingerprint density at radius 3 is 2.96 bits per heavy atom. The Labute approximate surface area is 147 Å². The van der Waals surface area contributed by atoms with Gasteiger partial charge in [0, 0.05) is 40.7 Å². The Morgan fingerprint density at radius 2 is 2.04 bits per heavy atom. The van der Waals surface area contributed by atoms with Crippen molar-refractivity contribution in [3.63, 3.8) is 0 Å². The van der Waals surface area contributed by atoms with E-state index in [1.165, 1.54) is 17.5 Å². The lowest BCUT2D eigenvalue weighted by molar-refractivity contribution is 0.0595. The number of piperidine rings is 1. The first-order valence-electron chi connectivity index (χ1n) is 9.19. The number of hydrogen-bond donors (Lipinski definition) is 1. The van der Waals surface area contributed by atoms with E-state index in [1.54, 1.807) is 0 Å². The van der Waals surface area contributed by atoms with Crippen LogP contribution in [0, 0.1) is 6.92 Å². The molecule has 5 rings (SSSR count). The van der Waals surface area contributed by atoms with Gasteiger partial charge in [-0.2, -0.15) is 0 Å². The molecule has 126 valence electrons. The standard InChI is InChI=1S/C22H22N2O/c1-14-11-17-12-16(8-9-20(17)23-14)22(25)24-10-4-7-19-18-6-3-2-5-15(18)13-21(19)24/h2-3,5-6,8-9,11-12,19,21,23H,4,7,10,13H2,1H3/t19-,21?/m1/s1. The average molecular weight is 330 g/mol. The van der Waals surface area contributed by atoms with Gasteiger partial charge in [-0.15, -0.1) is 0 Å². The molecule has 0 saturated carbocycles. The summed E-state index contributed by atoms with van der Waals surface area (Å²) >= 11 is 0. The van der Waals surface area contributed by atoms with Crippen molar-refractivity contribution < 1.29 is 4.79 Å². The molecular formula is C22H22N2O. The van der Waals surface area contributed by atoms with E-state index in [9.17, 15) is 4.79 Å². The summed E-state index contributed by atoms with van der Waals surface area (Å²) in [5.41, 5.74) is 5.92. The third-order valence-electron chi connectivity index (χ3n) is 5.93. The lowest BCUT2D eigenvalue weighted by Crippen LogP contribution is -2.46. The van der Waals surface area contributed by atoms with Gasteiger partial charge >= 0.3 is 0 Å². The summed E-state index contributed by atoms with van der Waals surface area (Å²) in [6, 6.07) is 17.2. The number of hydrogen-bond acceptors (Lipinski definition) is 1. The number of amides is 1. The fourth-order valence-corrected chi connectivity index (χ4v) is 4.81. The van der Waals surface area contributed by atoms with Gasteiger partial charge < -0.3 is 9.88 Å². The molecule has 0 bridgehead atoms. The maximum Gasteiger partial charge on any atom is 0.254 e. The Hall–Kier alpha value is -2.55. The van der Waals surface area contributed by atoms with Crippen molar-refractivity contribution >= 4 is 16.8 Å². The minimum absolute atomic E-state index is 0.184. The molecule has 0 spiro atoms. The van der Waals surface area contributed by atoms with E-state index >= 15 is 0 Å². The van der Waals surface area contributed by atoms with Gasteiger partial charge in [-0.05, 0) is 61.6 Å². The molecule has 25 heavy (non-hydrogen) atoms. The first-order valence-corrected chi connectivity index (χ1v) is 9.19. The molecule has 3 aromatic rings. The third-order valence-corrected chi connectivity index (χ3v) is 5.93. The second-order valence-corrected chi connectivity index (χ2v) is 7.47. The van der Waals surface area contributed by atoms with Crippen LogP contribution in [-0.2, 0) is 6.42 Å². The Bertz CT molecular complexity index is 971. The normalized spacial score (nSPS) is 22.0. The van der Waals surface area contributed by atoms with Crippen LogP contribution in [0.25, 0.3) is 10.9 Å². The maximum absolute atomic E-state index is 13.3. The largest absolute Gasteiger partial charge is 0.359 e. The van der Waals surface area contributed by atoms with E-state index in [0.717, 1.165) is 41.5 Å². The number of nitrogens with one attached hydrogen (secondary N) is 1. The average Bonchev–Trinajstić information content (AvgIpc) is 3.19. The molecule has 2 atom stereocenters. The Kier molecular flexibility index (Phi) is 3.24. The SMILES string of the molecule is Cc1cc2cc(C(=O)N3CCC[C@@H]4c5ccccc5CC43)ccc2[nH]1. The number of aryl methyl sites for hydroxylation is 1. The van der Waals surface area contributed by atoms with Gasteiger partial charge in [0.1, 0.15) is 0 Å². The van der Waals surface area contributed by atoms with E-state index in [2.05, 4.69) is 40.2 Å². The summed E-state index contributed by atoms with van der Waals surface area (Å²) in [7, 11) is 0. The highest BCUT2D eigenvalue weighted by Gasteiger charge is 2.40. The number of carbonyl (C=O) groups excluding carboxylic acids is 1. The molecule has 1 N–H and O–H groups in total. The summed E-state index contributed by atoms with van der Waals surface area (Å²) in [5.74, 6) is 0.690. The molecule has 1 unspecified atom stereocenters. The van der Waals surface area contributed by atoms with Crippen LogP contribution in [0.1, 0.15) is 45.9 Å². The van der Waals surface area contributed by atoms with E-state index < -0.39 is 0 Å². The minimum Gasteiger partial charge on any atom is -0.359 e. The molecule has 1 aromatic heterocycles. The van der Waals surface area contributed by atoms with Crippen LogP contribution in [0.15, 0.2) is 48.5 Å². The number of aromatic nitrogens is 1. The van der Waals surface area contributed by atoms with Crippen molar-refractivity contribution in [3.8, 4) is 0 Å². The fraction of sp³-hybridized carbons (Fsp3) is 0.318. The molecule has 3 heteroatoms. The van der Waals surface area contributed by atoms with E-state index in [-0.39, 0.29) is 5.91 Å². The molecule has 1 saturated heterocycles. The van der Waals surface area contributed by atoms with Crippen LogP contribution < -0.4 is 0 Å². The van der Waals surface area contributed by atoms with E-state index in [1.807, 2.05) is 25.1 Å². The van der Waals surface area contributed by atoms with Crippen LogP contribution in [0.3, 0.4) is 0 Å². The lowest BCUT2D eigenvalue weighted by atomic mass is 9.88. The number of fused-ring (bicyclic) bond motifs is 4. The van der Waals surface area contributed by atoms with Crippen LogP contribution in [0.2, 0.25) is 0 Å². The van der Waals surface area contributed by atoms with Gasteiger partial charge in [0.15, 0.2) is 0 Å². The maximum atomic E-state index is 13.3. The van der Waals surface area contributed by atoms with Crippen LogP contribution in [-0.4, -0.2) is 28.4 Å². The number of nitrogens with zero attached hydrogens (tertiary/aromatic N) is 1. The number of benzene rings is 2. The van der Waals surface area contributed by atoms with Crippen LogP contribution in [0.5, 0.6) is 0 Å². The fourth-order valence-electron chi connectivity index (χ4n) is 4.81. The molecule has 3 nitrogen and oxygen atoms in total. The highest BCUT2D eigenvalue weighted by molar-refractivity contribution is 5.98. The number of likely N-dealkylation sites (tertiary alicyclic amines) is 1. The smallest absolute Gasteiger partial charge is 0.254 e. The van der Waals surface area contributed by atoms with Crippen molar-refractivity contribution in [2.24, 2.45) is 0 Å². The van der Waals surface area contributed by atoms with Crippen molar-refractivity contribution in [3.05, 3.63) is 70.9 Å². The zero-order chi connectivity index (χ0) is 17.0. The highest BCUT2D eigenvalue weighted by Crippen LogP contribution is 2.42. The Balaban J connectivity index is 1.48.